The highest BCUT2D eigenvalue weighted by Crippen LogP contribution is 2.29. The third kappa shape index (κ3) is 3.07. The van der Waals surface area contributed by atoms with E-state index in [1.165, 1.54) is 0 Å². The van der Waals surface area contributed by atoms with Gasteiger partial charge in [0.1, 0.15) is 5.75 Å². The first-order valence-electron chi connectivity index (χ1n) is 5.90. The lowest BCUT2D eigenvalue weighted by molar-refractivity contribution is 0.397. The Morgan fingerprint density at radius 2 is 2.00 bits per heavy atom. The van der Waals surface area contributed by atoms with Crippen molar-refractivity contribution < 1.29 is 9.47 Å². The number of para-hydroxylation sites is 1. The van der Waals surface area contributed by atoms with Gasteiger partial charge in [-0.05, 0) is 17.7 Å². The molecule has 1 aromatic heterocycles. The van der Waals surface area contributed by atoms with Crippen molar-refractivity contribution in [2.24, 2.45) is 0 Å². The average Bonchev–Trinajstić information content (AvgIpc) is 2.47. The fourth-order valence-electron chi connectivity index (χ4n) is 1.71. The van der Waals surface area contributed by atoms with Crippen LogP contribution in [-0.2, 0) is 6.54 Å². The van der Waals surface area contributed by atoms with Crippen molar-refractivity contribution >= 4 is 11.4 Å². The highest BCUT2D eigenvalue weighted by Gasteiger charge is 2.04. The standard InChI is InChI=1S/C14H17N3O2/c1-18-12-5-3-4-11(14(12)15)16-8-10-6-7-13(19-2)17-9-10/h3-7,9,16H,8,15H2,1-2H3. The number of nitrogens with zero attached hydrogens (tertiary/aromatic N) is 1. The number of pyridine rings is 1. The van der Waals surface area contributed by atoms with Crippen LogP contribution < -0.4 is 20.5 Å². The minimum atomic E-state index is 0.602. The first-order chi connectivity index (χ1) is 9.24. The molecule has 0 spiro atoms. The maximum Gasteiger partial charge on any atom is 0.212 e. The highest BCUT2D eigenvalue weighted by molar-refractivity contribution is 5.72. The van der Waals surface area contributed by atoms with Gasteiger partial charge in [-0.3, -0.25) is 0 Å². The summed E-state index contributed by atoms with van der Waals surface area (Å²) in [7, 11) is 3.19. The number of nitrogens with one attached hydrogen (secondary N) is 1. The quantitative estimate of drug-likeness (QED) is 0.806. The summed E-state index contributed by atoms with van der Waals surface area (Å²) >= 11 is 0. The Labute approximate surface area is 112 Å². The summed E-state index contributed by atoms with van der Waals surface area (Å²) in [5, 5.41) is 3.26. The minimum Gasteiger partial charge on any atom is -0.495 e. The van der Waals surface area contributed by atoms with E-state index in [9.17, 15) is 0 Å². The van der Waals surface area contributed by atoms with Crippen LogP contribution in [0.5, 0.6) is 11.6 Å². The Morgan fingerprint density at radius 1 is 1.16 bits per heavy atom. The van der Waals surface area contributed by atoms with Crippen molar-refractivity contribution in [3.8, 4) is 11.6 Å². The summed E-state index contributed by atoms with van der Waals surface area (Å²) in [4.78, 5) is 4.15. The van der Waals surface area contributed by atoms with Gasteiger partial charge in [-0.25, -0.2) is 4.98 Å². The molecule has 0 amide bonds. The Bertz CT molecular complexity index is 541. The molecule has 0 aliphatic rings. The number of hydrogen-bond acceptors (Lipinski definition) is 5. The summed E-state index contributed by atoms with van der Waals surface area (Å²) < 4.78 is 10.2. The summed E-state index contributed by atoms with van der Waals surface area (Å²) in [6.07, 6.45) is 1.77. The van der Waals surface area contributed by atoms with Crippen LogP contribution in [0.15, 0.2) is 36.5 Å². The molecule has 0 atom stereocenters. The molecule has 2 rings (SSSR count). The fourth-order valence-corrected chi connectivity index (χ4v) is 1.71. The molecule has 2 aromatic rings. The minimum absolute atomic E-state index is 0.602. The summed E-state index contributed by atoms with van der Waals surface area (Å²) in [5.74, 6) is 1.27. The molecule has 0 radical (unpaired) electrons. The lowest BCUT2D eigenvalue weighted by atomic mass is 10.2. The normalized spacial score (nSPS) is 10.0. The number of hydrogen-bond donors (Lipinski definition) is 2. The molecule has 0 saturated carbocycles. The molecule has 0 fully saturated rings. The maximum atomic E-state index is 5.98. The molecule has 0 saturated heterocycles. The van der Waals surface area contributed by atoms with E-state index in [-0.39, 0.29) is 0 Å². The summed E-state index contributed by atoms with van der Waals surface area (Å²) in [5.41, 5.74) is 8.47. The zero-order chi connectivity index (χ0) is 13.7. The molecule has 1 aromatic carbocycles. The molecular formula is C14H17N3O2. The van der Waals surface area contributed by atoms with Crippen LogP contribution in [0, 0.1) is 0 Å². The smallest absolute Gasteiger partial charge is 0.212 e. The van der Waals surface area contributed by atoms with Crippen molar-refractivity contribution in [3.05, 3.63) is 42.1 Å². The van der Waals surface area contributed by atoms with Crippen LogP contribution in [0.4, 0.5) is 11.4 Å². The monoisotopic (exact) mass is 259 g/mol. The third-order valence-corrected chi connectivity index (χ3v) is 2.78. The predicted octanol–water partition coefficient (Wildman–Crippen LogP) is 2.29. The van der Waals surface area contributed by atoms with Crippen LogP contribution in [-0.4, -0.2) is 19.2 Å². The molecule has 1 heterocycles. The Hall–Kier alpha value is -2.43. The molecule has 5 heteroatoms. The third-order valence-electron chi connectivity index (χ3n) is 2.78. The van der Waals surface area contributed by atoms with Crippen molar-refractivity contribution in [1.29, 1.82) is 0 Å². The second-order valence-electron chi connectivity index (χ2n) is 3.98. The van der Waals surface area contributed by atoms with Gasteiger partial charge in [0, 0.05) is 18.8 Å². The topological polar surface area (TPSA) is 69.4 Å². The molecule has 0 aliphatic heterocycles. The van der Waals surface area contributed by atoms with E-state index >= 15 is 0 Å². The van der Waals surface area contributed by atoms with Crippen LogP contribution in [0.3, 0.4) is 0 Å². The van der Waals surface area contributed by atoms with Crippen molar-refractivity contribution in [2.75, 3.05) is 25.3 Å². The van der Waals surface area contributed by atoms with Crippen molar-refractivity contribution in [3.63, 3.8) is 0 Å². The zero-order valence-electron chi connectivity index (χ0n) is 11.0. The number of ether oxygens (including phenoxy) is 2. The Morgan fingerprint density at radius 3 is 2.63 bits per heavy atom. The lowest BCUT2D eigenvalue weighted by Gasteiger charge is -2.12. The molecule has 0 aliphatic carbocycles. The Kier molecular flexibility index (Phi) is 4.07. The van der Waals surface area contributed by atoms with Crippen LogP contribution >= 0.6 is 0 Å². The van der Waals surface area contributed by atoms with Crippen LogP contribution in [0.2, 0.25) is 0 Å². The number of methoxy groups -OCH3 is 2. The summed E-state index contributed by atoms with van der Waals surface area (Å²) in [6, 6.07) is 9.41. The molecular weight excluding hydrogens is 242 g/mol. The van der Waals surface area contributed by atoms with E-state index in [1.54, 1.807) is 20.4 Å². The van der Waals surface area contributed by atoms with Gasteiger partial charge >= 0.3 is 0 Å². The van der Waals surface area contributed by atoms with E-state index < -0.39 is 0 Å². The van der Waals surface area contributed by atoms with Crippen molar-refractivity contribution in [1.82, 2.24) is 4.98 Å². The number of aromatic nitrogens is 1. The molecule has 5 nitrogen and oxygen atoms in total. The fraction of sp³-hybridized carbons (Fsp3) is 0.214. The highest BCUT2D eigenvalue weighted by atomic mass is 16.5. The first-order valence-corrected chi connectivity index (χ1v) is 5.90. The first kappa shape index (κ1) is 13.0. The van der Waals surface area contributed by atoms with E-state index in [4.69, 9.17) is 15.2 Å². The SMILES string of the molecule is COc1ccc(CNc2cccc(OC)c2N)cn1. The van der Waals surface area contributed by atoms with Gasteiger partial charge in [-0.15, -0.1) is 0 Å². The number of anilines is 2. The average molecular weight is 259 g/mol. The second-order valence-corrected chi connectivity index (χ2v) is 3.98. The molecule has 100 valence electrons. The predicted molar refractivity (Wildman–Crippen MR) is 75.5 cm³/mol. The second kappa shape index (κ2) is 5.95. The number of benzene rings is 1. The van der Waals surface area contributed by atoms with E-state index in [2.05, 4.69) is 10.3 Å². The van der Waals surface area contributed by atoms with Gasteiger partial charge < -0.3 is 20.5 Å². The largest absolute Gasteiger partial charge is 0.495 e. The van der Waals surface area contributed by atoms with E-state index in [0.717, 1.165) is 11.3 Å². The van der Waals surface area contributed by atoms with Gasteiger partial charge in [-0.2, -0.15) is 0 Å². The van der Waals surface area contributed by atoms with Crippen LogP contribution in [0.25, 0.3) is 0 Å². The van der Waals surface area contributed by atoms with Crippen molar-refractivity contribution in [2.45, 2.75) is 6.54 Å². The van der Waals surface area contributed by atoms with Gasteiger partial charge in [-0.1, -0.05) is 12.1 Å². The summed E-state index contributed by atoms with van der Waals surface area (Å²) in [6.45, 7) is 0.633. The number of nitrogen functional groups attached to an aromatic ring is 1. The van der Waals surface area contributed by atoms with Gasteiger partial charge in [0.15, 0.2) is 0 Å². The van der Waals surface area contributed by atoms with Gasteiger partial charge in [0.2, 0.25) is 5.88 Å². The molecule has 0 bridgehead atoms. The van der Waals surface area contributed by atoms with Crippen LogP contribution in [0.1, 0.15) is 5.56 Å². The molecule has 0 unspecified atom stereocenters. The molecule has 3 N–H and O–H groups in total. The van der Waals surface area contributed by atoms with Gasteiger partial charge in [0.05, 0.1) is 25.6 Å². The number of rotatable bonds is 5. The van der Waals surface area contributed by atoms with E-state index in [1.807, 2.05) is 30.3 Å². The Balaban J connectivity index is 2.05. The maximum absolute atomic E-state index is 5.98. The lowest BCUT2D eigenvalue weighted by Crippen LogP contribution is -2.04. The van der Waals surface area contributed by atoms with Gasteiger partial charge in [0.25, 0.3) is 0 Å². The van der Waals surface area contributed by atoms with E-state index in [0.29, 0.717) is 23.9 Å². The molecule has 19 heavy (non-hydrogen) atoms. The zero-order valence-corrected chi connectivity index (χ0v) is 11.0. The number of nitrogens with two attached hydrogens (primary N) is 1.